The van der Waals surface area contributed by atoms with Crippen LogP contribution in [0.3, 0.4) is 0 Å². The highest BCUT2D eigenvalue weighted by atomic mass is 32.1. The summed E-state index contributed by atoms with van der Waals surface area (Å²) in [6.07, 6.45) is 0. The van der Waals surface area contributed by atoms with E-state index in [0.29, 0.717) is 13.2 Å². The second kappa shape index (κ2) is 4.55. The molecule has 2 rings (SSSR count). The molecule has 0 aliphatic carbocycles. The van der Waals surface area contributed by atoms with Crippen LogP contribution >= 0.6 is 11.3 Å². The highest BCUT2D eigenvalue weighted by Gasteiger charge is 2.02. The molecule has 0 aliphatic heterocycles. The summed E-state index contributed by atoms with van der Waals surface area (Å²) in [6.45, 7) is 6.93. The lowest BCUT2D eigenvalue weighted by atomic mass is 10.3. The first-order valence-corrected chi connectivity index (χ1v) is 5.64. The van der Waals surface area contributed by atoms with Gasteiger partial charge in [0, 0.05) is 0 Å². The van der Waals surface area contributed by atoms with Gasteiger partial charge in [-0.3, -0.25) is 0 Å². The van der Waals surface area contributed by atoms with Crippen LogP contribution in [0.15, 0.2) is 36.4 Å². The largest absolute Gasteiger partial charge is 0.370 e. The molecule has 0 saturated heterocycles. The molecule has 15 heavy (non-hydrogen) atoms. The molecule has 0 radical (unpaired) electrons. The Bertz CT molecular complexity index is 442. The van der Waals surface area contributed by atoms with E-state index >= 15 is 0 Å². The maximum Gasteiger partial charge on any atom is 0.120 e. The van der Waals surface area contributed by atoms with Crippen LogP contribution in [0.4, 0.5) is 0 Å². The van der Waals surface area contributed by atoms with Gasteiger partial charge in [-0.1, -0.05) is 24.3 Å². The summed E-state index contributed by atoms with van der Waals surface area (Å²) < 4.78 is 6.67. The molecule has 0 atom stereocenters. The van der Waals surface area contributed by atoms with Gasteiger partial charge in [-0.05, 0) is 19.1 Å². The molecular formula is C12H13NOS. The predicted molar refractivity (Wildman–Crippen MR) is 64.1 cm³/mol. The Morgan fingerprint density at radius 2 is 2.27 bits per heavy atom. The zero-order chi connectivity index (χ0) is 10.7. The fourth-order valence-corrected chi connectivity index (χ4v) is 2.20. The second-order valence-corrected chi connectivity index (χ2v) is 4.64. The highest BCUT2D eigenvalue weighted by molar-refractivity contribution is 7.18. The van der Waals surface area contributed by atoms with Gasteiger partial charge < -0.3 is 4.74 Å². The van der Waals surface area contributed by atoms with Crippen molar-refractivity contribution in [3.63, 3.8) is 0 Å². The number of aromatic nitrogens is 1. The standard InChI is InChI=1S/C12H13NOS/c1-9(2)7-14-8-12-13-10-5-3-4-6-11(10)15-12/h3-6H,1,7-8H2,2H3. The van der Waals surface area contributed by atoms with Crippen LogP contribution in [-0.2, 0) is 11.3 Å². The minimum absolute atomic E-state index is 0.576. The third kappa shape index (κ3) is 2.64. The van der Waals surface area contributed by atoms with Crippen molar-refractivity contribution in [2.24, 2.45) is 0 Å². The number of fused-ring (bicyclic) bond motifs is 1. The van der Waals surface area contributed by atoms with Crippen LogP contribution in [0.1, 0.15) is 11.9 Å². The minimum Gasteiger partial charge on any atom is -0.370 e. The fourth-order valence-electron chi connectivity index (χ4n) is 1.29. The Morgan fingerprint density at radius 1 is 1.47 bits per heavy atom. The van der Waals surface area contributed by atoms with E-state index in [0.717, 1.165) is 16.1 Å². The molecule has 0 saturated carbocycles. The maximum absolute atomic E-state index is 5.46. The summed E-state index contributed by atoms with van der Waals surface area (Å²) in [7, 11) is 0. The average Bonchev–Trinajstić information content (AvgIpc) is 2.59. The summed E-state index contributed by atoms with van der Waals surface area (Å²) in [6, 6.07) is 8.13. The molecule has 0 bridgehead atoms. The van der Waals surface area contributed by atoms with Crippen molar-refractivity contribution in [3.8, 4) is 0 Å². The van der Waals surface area contributed by atoms with Crippen LogP contribution in [0, 0.1) is 0 Å². The van der Waals surface area contributed by atoms with Crippen LogP contribution in [0.5, 0.6) is 0 Å². The lowest BCUT2D eigenvalue weighted by Crippen LogP contribution is -1.94. The van der Waals surface area contributed by atoms with Gasteiger partial charge >= 0.3 is 0 Å². The van der Waals surface area contributed by atoms with Gasteiger partial charge in [0.2, 0.25) is 0 Å². The van der Waals surface area contributed by atoms with Gasteiger partial charge in [0.1, 0.15) is 5.01 Å². The molecule has 0 spiro atoms. The Labute approximate surface area is 93.2 Å². The molecule has 2 nitrogen and oxygen atoms in total. The van der Waals surface area contributed by atoms with Crippen molar-refractivity contribution in [2.45, 2.75) is 13.5 Å². The summed E-state index contributed by atoms with van der Waals surface area (Å²) >= 11 is 1.68. The molecule has 1 aromatic heterocycles. The van der Waals surface area contributed by atoms with Gasteiger partial charge in [-0.25, -0.2) is 4.98 Å². The first-order valence-electron chi connectivity index (χ1n) is 4.82. The van der Waals surface area contributed by atoms with Crippen molar-refractivity contribution >= 4 is 21.6 Å². The van der Waals surface area contributed by atoms with E-state index in [9.17, 15) is 0 Å². The predicted octanol–water partition coefficient (Wildman–Crippen LogP) is 3.39. The first kappa shape index (κ1) is 10.3. The first-order chi connectivity index (χ1) is 7.25. The topological polar surface area (TPSA) is 22.1 Å². The van der Waals surface area contributed by atoms with Crippen LogP contribution < -0.4 is 0 Å². The van der Waals surface area contributed by atoms with Crippen LogP contribution in [0.25, 0.3) is 10.2 Å². The molecule has 0 amide bonds. The minimum atomic E-state index is 0.576. The molecule has 0 aliphatic rings. The van der Waals surface area contributed by atoms with E-state index < -0.39 is 0 Å². The lowest BCUT2D eigenvalue weighted by molar-refractivity contribution is 0.142. The summed E-state index contributed by atoms with van der Waals surface area (Å²) in [5.41, 5.74) is 2.09. The molecular weight excluding hydrogens is 206 g/mol. The monoisotopic (exact) mass is 219 g/mol. The van der Waals surface area contributed by atoms with Gasteiger partial charge in [0.15, 0.2) is 0 Å². The number of thiazole rings is 1. The van der Waals surface area contributed by atoms with Gasteiger partial charge in [0.25, 0.3) is 0 Å². The van der Waals surface area contributed by atoms with Crippen molar-refractivity contribution < 1.29 is 4.74 Å². The number of nitrogens with zero attached hydrogens (tertiary/aromatic N) is 1. The molecule has 0 N–H and O–H groups in total. The van der Waals surface area contributed by atoms with Crippen molar-refractivity contribution in [1.29, 1.82) is 0 Å². The number of para-hydroxylation sites is 1. The zero-order valence-electron chi connectivity index (χ0n) is 8.69. The molecule has 3 heteroatoms. The summed E-state index contributed by atoms with van der Waals surface area (Å²) in [5, 5.41) is 1.03. The SMILES string of the molecule is C=C(C)COCc1nc2ccccc2s1. The third-order valence-corrected chi connectivity index (χ3v) is 2.92. The van der Waals surface area contributed by atoms with E-state index in [4.69, 9.17) is 4.74 Å². The van der Waals surface area contributed by atoms with Gasteiger partial charge in [-0.15, -0.1) is 11.3 Å². The fraction of sp³-hybridized carbons (Fsp3) is 0.250. The molecule has 2 aromatic rings. The van der Waals surface area contributed by atoms with Crippen molar-refractivity contribution in [3.05, 3.63) is 41.4 Å². The number of benzene rings is 1. The van der Waals surface area contributed by atoms with Crippen LogP contribution in [-0.4, -0.2) is 11.6 Å². The Balaban J connectivity index is 2.05. The average molecular weight is 219 g/mol. The number of hydrogen-bond acceptors (Lipinski definition) is 3. The normalized spacial score (nSPS) is 10.7. The summed E-state index contributed by atoms with van der Waals surface area (Å²) in [5.74, 6) is 0. The molecule has 0 fully saturated rings. The molecule has 1 heterocycles. The Hall–Kier alpha value is -1.19. The van der Waals surface area contributed by atoms with E-state index in [-0.39, 0.29) is 0 Å². The lowest BCUT2D eigenvalue weighted by Gasteiger charge is -1.99. The van der Waals surface area contributed by atoms with E-state index in [1.807, 2.05) is 25.1 Å². The van der Waals surface area contributed by atoms with Gasteiger partial charge in [-0.2, -0.15) is 0 Å². The Morgan fingerprint density at radius 3 is 3.00 bits per heavy atom. The zero-order valence-corrected chi connectivity index (χ0v) is 9.51. The van der Waals surface area contributed by atoms with E-state index in [1.165, 1.54) is 4.70 Å². The molecule has 1 aromatic carbocycles. The maximum atomic E-state index is 5.46. The number of ether oxygens (including phenoxy) is 1. The molecule has 78 valence electrons. The van der Waals surface area contributed by atoms with E-state index in [1.54, 1.807) is 11.3 Å². The number of hydrogen-bond donors (Lipinski definition) is 0. The van der Waals surface area contributed by atoms with Crippen molar-refractivity contribution in [1.82, 2.24) is 4.98 Å². The number of rotatable bonds is 4. The van der Waals surface area contributed by atoms with Crippen LogP contribution in [0.2, 0.25) is 0 Å². The van der Waals surface area contributed by atoms with Crippen molar-refractivity contribution in [2.75, 3.05) is 6.61 Å². The molecule has 0 unspecified atom stereocenters. The quantitative estimate of drug-likeness (QED) is 0.735. The smallest absolute Gasteiger partial charge is 0.120 e. The third-order valence-electron chi connectivity index (χ3n) is 1.91. The van der Waals surface area contributed by atoms with E-state index in [2.05, 4.69) is 17.6 Å². The van der Waals surface area contributed by atoms with Gasteiger partial charge in [0.05, 0.1) is 23.4 Å². The summed E-state index contributed by atoms with van der Waals surface area (Å²) in [4.78, 5) is 4.47. The highest BCUT2D eigenvalue weighted by Crippen LogP contribution is 2.21. The Kier molecular flexibility index (Phi) is 3.14. The second-order valence-electron chi connectivity index (χ2n) is 3.53.